The van der Waals surface area contributed by atoms with E-state index in [-0.39, 0.29) is 11.4 Å². The molecule has 17 heavy (non-hydrogen) atoms. The van der Waals surface area contributed by atoms with Crippen molar-refractivity contribution in [2.24, 2.45) is 0 Å². The predicted molar refractivity (Wildman–Crippen MR) is 64.2 cm³/mol. The molecule has 2 rings (SSSR count). The van der Waals surface area contributed by atoms with Gasteiger partial charge in [-0.05, 0) is 13.8 Å². The standard InChI is InChI=1S/C9H12N4O2S2/c1-6-9(7(2)13-12-6)17(14,15)11-4-8-3-10-5-16-8/h3,5,11H,4H2,1-2H3,(H,12,13). The number of rotatable bonds is 4. The van der Waals surface area contributed by atoms with Crippen LogP contribution in [-0.4, -0.2) is 23.6 Å². The van der Waals surface area contributed by atoms with Crippen LogP contribution in [0.1, 0.15) is 16.3 Å². The molecule has 0 aromatic carbocycles. The zero-order valence-corrected chi connectivity index (χ0v) is 11.0. The lowest BCUT2D eigenvalue weighted by molar-refractivity contribution is 0.580. The van der Waals surface area contributed by atoms with Crippen molar-refractivity contribution in [3.8, 4) is 0 Å². The highest BCUT2D eigenvalue weighted by Gasteiger charge is 2.21. The van der Waals surface area contributed by atoms with Gasteiger partial charge in [0.15, 0.2) is 0 Å². The van der Waals surface area contributed by atoms with Crippen LogP contribution in [0.3, 0.4) is 0 Å². The Bertz CT molecular complexity index is 581. The van der Waals surface area contributed by atoms with E-state index in [1.54, 1.807) is 25.6 Å². The number of aromatic amines is 1. The van der Waals surface area contributed by atoms with Crippen molar-refractivity contribution in [2.45, 2.75) is 25.3 Å². The fourth-order valence-corrected chi connectivity index (χ4v) is 3.50. The molecule has 0 aliphatic heterocycles. The second-order valence-electron chi connectivity index (χ2n) is 3.56. The molecule has 6 nitrogen and oxygen atoms in total. The predicted octanol–water partition coefficient (Wildman–Crippen LogP) is 0.962. The third-order valence-corrected chi connectivity index (χ3v) is 4.69. The summed E-state index contributed by atoms with van der Waals surface area (Å²) in [6.07, 6.45) is 1.64. The van der Waals surface area contributed by atoms with Crippen LogP contribution in [0.5, 0.6) is 0 Å². The lowest BCUT2D eigenvalue weighted by Crippen LogP contribution is -2.23. The van der Waals surface area contributed by atoms with Crippen LogP contribution in [-0.2, 0) is 16.6 Å². The van der Waals surface area contributed by atoms with E-state index in [4.69, 9.17) is 0 Å². The molecular weight excluding hydrogens is 260 g/mol. The Morgan fingerprint density at radius 1 is 1.47 bits per heavy atom. The molecule has 0 bridgehead atoms. The van der Waals surface area contributed by atoms with Gasteiger partial charge in [0, 0.05) is 17.6 Å². The van der Waals surface area contributed by atoms with E-state index in [1.165, 1.54) is 11.3 Å². The van der Waals surface area contributed by atoms with Crippen LogP contribution < -0.4 is 4.72 Å². The van der Waals surface area contributed by atoms with Gasteiger partial charge in [-0.1, -0.05) is 0 Å². The summed E-state index contributed by atoms with van der Waals surface area (Å²) in [6.45, 7) is 3.59. The number of hydrogen-bond donors (Lipinski definition) is 2. The summed E-state index contributed by atoms with van der Waals surface area (Å²) < 4.78 is 26.6. The topological polar surface area (TPSA) is 87.7 Å². The number of aryl methyl sites for hydroxylation is 2. The number of thiazole rings is 1. The number of H-pyrrole nitrogens is 1. The summed E-state index contributed by atoms with van der Waals surface area (Å²) in [5.41, 5.74) is 2.68. The van der Waals surface area contributed by atoms with Gasteiger partial charge in [0.1, 0.15) is 4.90 Å². The van der Waals surface area contributed by atoms with E-state index in [0.717, 1.165) is 4.88 Å². The van der Waals surface area contributed by atoms with Crippen LogP contribution >= 0.6 is 11.3 Å². The summed E-state index contributed by atoms with van der Waals surface area (Å²) in [6, 6.07) is 0. The van der Waals surface area contributed by atoms with Crippen molar-refractivity contribution in [3.63, 3.8) is 0 Å². The highest BCUT2D eigenvalue weighted by molar-refractivity contribution is 7.89. The second-order valence-corrected chi connectivity index (χ2v) is 6.23. The highest BCUT2D eigenvalue weighted by Crippen LogP contribution is 2.17. The molecular formula is C9H12N4O2S2. The van der Waals surface area contributed by atoms with Gasteiger partial charge >= 0.3 is 0 Å². The lowest BCUT2D eigenvalue weighted by atomic mass is 10.4. The molecule has 0 spiro atoms. The molecule has 0 fully saturated rings. The van der Waals surface area contributed by atoms with Gasteiger partial charge in [-0.2, -0.15) is 5.10 Å². The molecule has 0 unspecified atom stereocenters. The smallest absolute Gasteiger partial charge is 0.244 e. The van der Waals surface area contributed by atoms with Crippen LogP contribution in [0.2, 0.25) is 0 Å². The molecule has 0 saturated heterocycles. The zero-order chi connectivity index (χ0) is 12.5. The first-order valence-electron chi connectivity index (χ1n) is 4.89. The summed E-state index contributed by atoms with van der Waals surface area (Å²) in [7, 11) is -3.52. The molecule has 0 aliphatic rings. The first kappa shape index (κ1) is 12.2. The van der Waals surface area contributed by atoms with Crippen LogP contribution in [0, 0.1) is 13.8 Å². The number of aromatic nitrogens is 3. The minimum Gasteiger partial charge on any atom is -0.281 e. The van der Waals surface area contributed by atoms with E-state index in [2.05, 4.69) is 19.9 Å². The first-order chi connectivity index (χ1) is 8.00. The van der Waals surface area contributed by atoms with Crippen molar-refractivity contribution in [1.82, 2.24) is 19.9 Å². The molecule has 0 amide bonds. The molecule has 0 saturated carbocycles. The summed E-state index contributed by atoms with van der Waals surface area (Å²) in [5, 5.41) is 6.53. The van der Waals surface area contributed by atoms with Gasteiger partial charge in [0.2, 0.25) is 10.0 Å². The van der Waals surface area contributed by atoms with Crippen molar-refractivity contribution < 1.29 is 8.42 Å². The van der Waals surface area contributed by atoms with Gasteiger partial charge in [-0.3, -0.25) is 10.1 Å². The van der Waals surface area contributed by atoms with E-state index >= 15 is 0 Å². The highest BCUT2D eigenvalue weighted by atomic mass is 32.2. The van der Waals surface area contributed by atoms with Crippen LogP contribution in [0.25, 0.3) is 0 Å². The molecule has 0 aliphatic carbocycles. The SMILES string of the molecule is Cc1n[nH]c(C)c1S(=O)(=O)NCc1cncs1. The fourth-order valence-electron chi connectivity index (χ4n) is 1.50. The molecule has 2 aromatic heterocycles. The molecule has 2 heterocycles. The Balaban J connectivity index is 2.20. The Hall–Kier alpha value is -1.25. The lowest BCUT2D eigenvalue weighted by Gasteiger charge is -2.05. The number of sulfonamides is 1. The van der Waals surface area contributed by atoms with Gasteiger partial charge in [0.25, 0.3) is 0 Å². The van der Waals surface area contributed by atoms with E-state index < -0.39 is 10.0 Å². The van der Waals surface area contributed by atoms with Gasteiger partial charge < -0.3 is 0 Å². The summed E-state index contributed by atoms with van der Waals surface area (Å²) in [5.74, 6) is 0. The minimum absolute atomic E-state index is 0.224. The van der Waals surface area contributed by atoms with Gasteiger partial charge in [0.05, 0.1) is 16.9 Å². The minimum atomic E-state index is -3.52. The molecule has 92 valence electrons. The fraction of sp³-hybridized carbons (Fsp3) is 0.333. The van der Waals surface area contributed by atoms with E-state index in [0.29, 0.717) is 11.4 Å². The molecule has 0 radical (unpaired) electrons. The van der Waals surface area contributed by atoms with E-state index in [1.807, 2.05) is 0 Å². The quantitative estimate of drug-likeness (QED) is 0.867. The average Bonchev–Trinajstić information content (AvgIpc) is 2.86. The number of hydrogen-bond acceptors (Lipinski definition) is 5. The largest absolute Gasteiger partial charge is 0.281 e. The normalized spacial score (nSPS) is 11.9. The van der Waals surface area contributed by atoms with E-state index in [9.17, 15) is 8.42 Å². The third kappa shape index (κ3) is 2.54. The monoisotopic (exact) mass is 272 g/mol. The Labute approximate surface area is 103 Å². The maximum atomic E-state index is 12.0. The molecule has 0 atom stereocenters. The maximum absolute atomic E-state index is 12.0. The third-order valence-electron chi connectivity index (χ3n) is 2.25. The van der Waals surface area contributed by atoms with Gasteiger partial charge in [-0.25, -0.2) is 13.1 Å². The number of nitrogens with one attached hydrogen (secondary N) is 2. The first-order valence-corrected chi connectivity index (χ1v) is 7.25. The van der Waals surface area contributed by atoms with Crippen molar-refractivity contribution in [1.29, 1.82) is 0 Å². The molecule has 2 aromatic rings. The Kier molecular flexibility index (Phi) is 3.27. The zero-order valence-electron chi connectivity index (χ0n) is 9.39. The van der Waals surface area contributed by atoms with Crippen LogP contribution in [0.15, 0.2) is 16.6 Å². The average molecular weight is 272 g/mol. The Morgan fingerprint density at radius 2 is 2.24 bits per heavy atom. The van der Waals surface area contributed by atoms with Crippen LogP contribution in [0.4, 0.5) is 0 Å². The van der Waals surface area contributed by atoms with Gasteiger partial charge in [-0.15, -0.1) is 11.3 Å². The summed E-state index contributed by atoms with van der Waals surface area (Å²) >= 11 is 1.41. The molecule has 8 heteroatoms. The number of nitrogens with zero attached hydrogens (tertiary/aromatic N) is 2. The van der Waals surface area contributed by atoms with Crippen molar-refractivity contribution >= 4 is 21.4 Å². The Morgan fingerprint density at radius 3 is 2.76 bits per heavy atom. The van der Waals surface area contributed by atoms with Crippen molar-refractivity contribution in [3.05, 3.63) is 28.0 Å². The maximum Gasteiger partial charge on any atom is 0.244 e. The summed E-state index contributed by atoms with van der Waals surface area (Å²) in [4.78, 5) is 4.98. The molecule has 2 N–H and O–H groups in total. The van der Waals surface area contributed by atoms with Crippen molar-refractivity contribution in [2.75, 3.05) is 0 Å². The second kappa shape index (κ2) is 4.55.